The van der Waals surface area contributed by atoms with Gasteiger partial charge in [-0.1, -0.05) is 18.2 Å². The Morgan fingerprint density at radius 2 is 1.97 bits per heavy atom. The number of hydrogen-bond acceptors (Lipinski definition) is 4. The number of hydrogen-bond donors (Lipinski definition) is 1. The minimum atomic E-state index is -0.319. The van der Waals surface area contributed by atoms with Crippen LogP contribution in [0, 0.1) is 0 Å². The quantitative estimate of drug-likeness (QED) is 0.644. The van der Waals surface area contributed by atoms with Crippen molar-refractivity contribution in [3.63, 3.8) is 0 Å². The van der Waals surface area contributed by atoms with Gasteiger partial charge in [-0.3, -0.25) is 4.79 Å². The summed E-state index contributed by atoms with van der Waals surface area (Å²) in [6.45, 7) is 4.71. The van der Waals surface area contributed by atoms with E-state index in [1.165, 1.54) is 11.8 Å². The number of fused-ring (bicyclic) bond motifs is 4. The zero-order chi connectivity index (χ0) is 20.4. The number of carbonyl (C=O) groups excluding carboxylic acids is 1. The van der Waals surface area contributed by atoms with E-state index in [1.807, 2.05) is 67.5 Å². The smallest absolute Gasteiger partial charge is 0.233 e. The second kappa shape index (κ2) is 7.95. The molecule has 2 aromatic carbocycles. The Labute approximate surface area is 175 Å². The van der Waals surface area contributed by atoms with Crippen LogP contribution in [0.3, 0.4) is 0 Å². The van der Waals surface area contributed by atoms with E-state index in [1.54, 1.807) is 0 Å². The van der Waals surface area contributed by atoms with Crippen molar-refractivity contribution in [1.82, 2.24) is 14.9 Å². The molecule has 29 heavy (non-hydrogen) atoms. The van der Waals surface area contributed by atoms with Gasteiger partial charge in [0.2, 0.25) is 5.91 Å². The molecule has 5 nitrogen and oxygen atoms in total. The first-order chi connectivity index (χ1) is 14.0. The molecule has 2 heterocycles. The highest BCUT2D eigenvalue weighted by Crippen LogP contribution is 2.37. The highest BCUT2D eigenvalue weighted by Gasteiger charge is 2.32. The molecule has 0 spiro atoms. The van der Waals surface area contributed by atoms with Crippen molar-refractivity contribution in [3.05, 3.63) is 72.3 Å². The zero-order valence-corrected chi connectivity index (χ0v) is 17.7. The van der Waals surface area contributed by atoms with Crippen molar-refractivity contribution < 1.29 is 9.53 Å². The Balaban J connectivity index is 1.79. The van der Waals surface area contributed by atoms with Crippen LogP contribution in [-0.2, 0) is 17.3 Å². The van der Waals surface area contributed by atoms with Gasteiger partial charge in [-0.05, 0) is 56.2 Å². The van der Waals surface area contributed by atoms with Crippen molar-refractivity contribution in [2.24, 2.45) is 7.05 Å². The Hall–Kier alpha value is -2.73. The van der Waals surface area contributed by atoms with E-state index in [2.05, 4.69) is 29.4 Å². The molecule has 0 saturated carbocycles. The summed E-state index contributed by atoms with van der Waals surface area (Å²) in [7, 11) is 2.00. The molecule has 1 N–H and O–H groups in total. The molecule has 0 fully saturated rings. The monoisotopic (exact) mass is 407 g/mol. The minimum absolute atomic E-state index is 0.0412. The Morgan fingerprint density at radius 1 is 1.21 bits per heavy atom. The number of benzene rings is 2. The van der Waals surface area contributed by atoms with Gasteiger partial charge in [0.1, 0.15) is 11.5 Å². The van der Waals surface area contributed by atoms with Gasteiger partial charge in [0, 0.05) is 35.8 Å². The predicted octanol–water partition coefficient (Wildman–Crippen LogP) is 4.52. The van der Waals surface area contributed by atoms with E-state index < -0.39 is 0 Å². The van der Waals surface area contributed by atoms with Crippen LogP contribution in [0.1, 0.15) is 31.5 Å². The van der Waals surface area contributed by atoms with Gasteiger partial charge >= 0.3 is 0 Å². The molecule has 1 amide bonds. The van der Waals surface area contributed by atoms with E-state index in [4.69, 9.17) is 4.74 Å². The summed E-state index contributed by atoms with van der Waals surface area (Å²) in [6.07, 6.45) is 4.47. The van der Waals surface area contributed by atoms with E-state index in [0.717, 1.165) is 34.1 Å². The van der Waals surface area contributed by atoms with Gasteiger partial charge in [-0.2, -0.15) is 0 Å². The number of nitrogens with zero attached hydrogens (tertiary/aromatic N) is 2. The summed E-state index contributed by atoms with van der Waals surface area (Å²) in [5.41, 5.74) is 1.91. The summed E-state index contributed by atoms with van der Waals surface area (Å²) < 4.78 is 8.21. The first-order valence-corrected chi connectivity index (χ1v) is 10.6. The maximum Gasteiger partial charge on any atom is 0.233 e. The highest BCUT2D eigenvalue weighted by molar-refractivity contribution is 8.00. The van der Waals surface area contributed by atoms with Gasteiger partial charge in [-0.15, -0.1) is 11.8 Å². The molecule has 4 bridgehead atoms. The lowest BCUT2D eigenvalue weighted by Gasteiger charge is -2.31. The van der Waals surface area contributed by atoms with Crippen molar-refractivity contribution in [3.8, 4) is 11.5 Å². The molecular weight excluding hydrogens is 382 g/mol. The number of imidazole rings is 1. The van der Waals surface area contributed by atoms with Crippen molar-refractivity contribution in [1.29, 1.82) is 0 Å². The van der Waals surface area contributed by atoms with Gasteiger partial charge in [0.05, 0.1) is 11.6 Å². The van der Waals surface area contributed by atoms with Crippen LogP contribution in [0.2, 0.25) is 0 Å². The van der Waals surface area contributed by atoms with Gasteiger partial charge < -0.3 is 14.6 Å². The number of amides is 1. The topological polar surface area (TPSA) is 56.1 Å². The number of rotatable bonds is 1. The molecule has 0 aliphatic carbocycles. The van der Waals surface area contributed by atoms with Crippen molar-refractivity contribution in [2.45, 2.75) is 35.8 Å². The Bertz CT molecular complexity index is 1030. The largest absolute Gasteiger partial charge is 0.457 e. The third-order valence-electron chi connectivity index (χ3n) is 5.50. The Morgan fingerprint density at radius 3 is 2.72 bits per heavy atom. The summed E-state index contributed by atoms with van der Waals surface area (Å²) in [5.74, 6) is 1.60. The van der Waals surface area contributed by atoms with E-state index in [-0.39, 0.29) is 16.6 Å². The van der Waals surface area contributed by atoms with E-state index in [0.29, 0.717) is 6.54 Å². The number of aryl methyl sites for hydroxylation is 1. The fourth-order valence-electron chi connectivity index (χ4n) is 3.80. The first-order valence-electron chi connectivity index (χ1n) is 9.75. The van der Waals surface area contributed by atoms with Crippen LogP contribution >= 0.6 is 11.8 Å². The summed E-state index contributed by atoms with van der Waals surface area (Å²) in [5, 5.41) is 2.93. The normalized spacial score (nSPS) is 22.3. The average molecular weight is 408 g/mol. The molecule has 1 aliphatic heterocycles. The molecule has 1 aromatic heterocycles. The molecule has 6 heteroatoms. The predicted molar refractivity (Wildman–Crippen MR) is 116 cm³/mol. The fraction of sp³-hybridized carbons (Fsp3) is 0.304. The lowest BCUT2D eigenvalue weighted by molar-refractivity contribution is -0.120. The second-order valence-corrected chi connectivity index (χ2v) is 9.04. The number of carbonyl (C=O) groups is 1. The van der Waals surface area contributed by atoms with Crippen LogP contribution in [0.5, 0.6) is 11.5 Å². The SMILES string of the molecule is CC1Sc2cccc(c2)Oc2cccc(c2)C(C)(c2cncn2C)CCNC1=O. The highest BCUT2D eigenvalue weighted by atomic mass is 32.2. The fourth-order valence-corrected chi connectivity index (χ4v) is 4.74. The molecule has 2 unspecified atom stereocenters. The van der Waals surface area contributed by atoms with Crippen LogP contribution in [0.15, 0.2) is 66.0 Å². The van der Waals surface area contributed by atoms with Crippen LogP contribution in [0.25, 0.3) is 0 Å². The summed E-state index contributed by atoms with van der Waals surface area (Å²) >= 11 is 1.54. The summed E-state index contributed by atoms with van der Waals surface area (Å²) in [6, 6.07) is 16.1. The molecular formula is C23H25N3O2S. The average Bonchev–Trinajstić information content (AvgIpc) is 3.14. The number of ether oxygens (including phenoxy) is 1. The first kappa shape index (κ1) is 19.6. The number of thioether (sulfide) groups is 1. The van der Waals surface area contributed by atoms with Gasteiger partial charge in [-0.25, -0.2) is 4.98 Å². The second-order valence-electron chi connectivity index (χ2n) is 7.63. The van der Waals surface area contributed by atoms with Gasteiger partial charge in [0.25, 0.3) is 0 Å². The zero-order valence-electron chi connectivity index (χ0n) is 16.9. The third kappa shape index (κ3) is 4.03. The van der Waals surface area contributed by atoms with E-state index >= 15 is 0 Å². The lowest BCUT2D eigenvalue weighted by atomic mass is 9.76. The molecule has 150 valence electrons. The number of aromatic nitrogens is 2. The van der Waals surface area contributed by atoms with Gasteiger partial charge in [0.15, 0.2) is 0 Å². The van der Waals surface area contributed by atoms with E-state index in [9.17, 15) is 4.79 Å². The number of nitrogens with one attached hydrogen (secondary N) is 1. The summed E-state index contributed by atoms with van der Waals surface area (Å²) in [4.78, 5) is 18.0. The molecule has 3 aromatic rings. The third-order valence-corrected chi connectivity index (χ3v) is 6.59. The molecule has 0 radical (unpaired) electrons. The maximum absolute atomic E-state index is 12.6. The van der Waals surface area contributed by atoms with Crippen molar-refractivity contribution in [2.75, 3.05) is 6.54 Å². The standard InChI is InChI=1S/C23H25N3O2S/c1-16-22(27)25-11-10-23(2,21-14-24-15-26(21)3)17-6-4-7-18(12-17)28-19-8-5-9-20(13-19)29-16/h4-9,12-16H,10-11H2,1-3H3,(H,25,27). The Kier molecular flexibility index (Phi) is 5.37. The lowest BCUT2D eigenvalue weighted by Crippen LogP contribution is -2.36. The maximum atomic E-state index is 12.6. The minimum Gasteiger partial charge on any atom is -0.457 e. The molecule has 0 saturated heterocycles. The molecule has 1 aliphatic rings. The van der Waals surface area contributed by atoms with Crippen molar-refractivity contribution >= 4 is 17.7 Å². The van der Waals surface area contributed by atoms with Crippen LogP contribution in [-0.4, -0.2) is 27.3 Å². The molecule has 2 atom stereocenters. The van der Waals surface area contributed by atoms with Crippen LogP contribution in [0.4, 0.5) is 0 Å². The molecule has 4 rings (SSSR count). The van der Waals surface area contributed by atoms with Crippen LogP contribution < -0.4 is 10.1 Å².